The van der Waals surface area contributed by atoms with Crippen molar-refractivity contribution in [1.29, 1.82) is 0 Å². The van der Waals surface area contributed by atoms with E-state index in [9.17, 15) is 0 Å². The minimum atomic E-state index is 0.522. The molecule has 1 aromatic heterocycles. The fourth-order valence-electron chi connectivity index (χ4n) is 3.12. The smallest absolute Gasteiger partial charge is 0.135 e. The molecule has 0 N–H and O–H groups in total. The molecular weight excluding hydrogens is 336 g/mol. The van der Waals surface area contributed by atoms with Crippen LogP contribution < -0.4 is 9.64 Å². The molecule has 4 rings (SSSR count). The second kappa shape index (κ2) is 7.58. The Kier molecular flexibility index (Phi) is 5.04. The van der Waals surface area contributed by atoms with E-state index in [4.69, 9.17) is 21.3 Å². The van der Waals surface area contributed by atoms with Gasteiger partial charge in [0, 0.05) is 44.7 Å². The summed E-state index contributed by atoms with van der Waals surface area (Å²) >= 11 is 6.19. The van der Waals surface area contributed by atoms with E-state index in [0.717, 1.165) is 56.7 Å². The van der Waals surface area contributed by atoms with Gasteiger partial charge in [0.25, 0.3) is 0 Å². The summed E-state index contributed by atoms with van der Waals surface area (Å²) in [7, 11) is 0. The van der Waals surface area contributed by atoms with E-state index >= 15 is 0 Å². The van der Waals surface area contributed by atoms with Crippen molar-refractivity contribution in [2.75, 3.05) is 44.2 Å². The first-order chi connectivity index (χ1) is 12.3. The zero-order chi connectivity index (χ0) is 17.1. The van der Waals surface area contributed by atoms with E-state index in [2.05, 4.69) is 14.8 Å². The lowest BCUT2D eigenvalue weighted by Crippen LogP contribution is -2.47. The first-order valence-corrected chi connectivity index (χ1v) is 9.35. The zero-order valence-electron chi connectivity index (χ0n) is 14.3. The van der Waals surface area contributed by atoms with Gasteiger partial charge in [-0.15, -0.1) is 0 Å². The molecule has 2 aromatic rings. The molecule has 1 aliphatic heterocycles. The summed E-state index contributed by atoms with van der Waals surface area (Å²) in [5, 5.41) is 0.561. The maximum Gasteiger partial charge on any atom is 0.135 e. The zero-order valence-corrected chi connectivity index (χ0v) is 15.0. The predicted molar refractivity (Wildman–Crippen MR) is 99.6 cm³/mol. The standard InChI is InChI=1S/C19H23ClN4O/c20-17-14-18(22-19(21-17)15-6-7-15)24-10-8-23(9-11-24)12-13-25-16-4-2-1-3-5-16/h1-5,14-15H,6-13H2. The third-order valence-electron chi connectivity index (χ3n) is 4.76. The topological polar surface area (TPSA) is 41.5 Å². The lowest BCUT2D eigenvalue weighted by atomic mass is 10.3. The molecule has 0 unspecified atom stereocenters. The minimum absolute atomic E-state index is 0.522. The number of hydrogen-bond donors (Lipinski definition) is 0. The van der Waals surface area contributed by atoms with Gasteiger partial charge in [-0.1, -0.05) is 29.8 Å². The number of anilines is 1. The van der Waals surface area contributed by atoms with Crippen molar-refractivity contribution < 1.29 is 4.74 Å². The maximum atomic E-state index is 6.19. The number of nitrogens with zero attached hydrogens (tertiary/aromatic N) is 4. The van der Waals surface area contributed by atoms with Gasteiger partial charge in [0.05, 0.1) is 0 Å². The number of ether oxygens (including phenoxy) is 1. The quantitative estimate of drug-likeness (QED) is 0.742. The highest BCUT2D eigenvalue weighted by Crippen LogP contribution is 2.39. The number of benzene rings is 1. The van der Waals surface area contributed by atoms with Crippen LogP contribution >= 0.6 is 11.6 Å². The van der Waals surface area contributed by atoms with E-state index in [1.807, 2.05) is 36.4 Å². The van der Waals surface area contributed by atoms with Gasteiger partial charge in [-0.25, -0.2) is 9.97 Å². The van der Waals surface area contributed by atoms with Gasteiger partial charge in [0.15, 0.2) is 0 Å². The molecule has 1 saturated carbocycles. The maximum absolute atomic E-state index is 6.19. The molecule has 0 atom stereocenters. The van der Waals surface area contributed by atoms with Gasteiger partial charge in [-0.3, -0.25) is 4.90 Å². The molecule has 0 radical (unpaired) electrons. The van der Waals surface area contributed by atoms with Crippen LogP contribution in [0.15, 0.2) is 36.4 Å². The second-order valence-electron chi connectivity index (χ2n) is 6.67. The Bertz CT molecular complexity index is 700. The van der Waals surface area contributed by atoms with Crippen molar-refractivity contribution in [2.45, 2.75) is 18.8 Å². The number of rotatable bonds is 6. The molecule has 2 heterocycles. The molecule has 1 aliphatic carbocycles. The monoisotopic (exact) mass is 358 g/mol. The normalized spacial score (nSPS) is 18.4. The molecule has 0 bridgehead atoms. The van der Waals surface area contributed by atoms with Gasteiger partial charge in [-0.2, -0.15) is 0 Å². The first-order valence-electron chi connectivity index (χ1n) is 8.97. The van der Waals surface area contributed by atoms with E-state index in [1.54, 1.807) is 0 Å². The molecule has 0 spiro atoms. The van der Waals surface area contributed by atoms with Crippen LogP contribution in [0.4, 0.5) is 5.82 Å². The van der Waals surface area contributed by atoms with Crippen LogP contribution in [-0.2, 0) is 0 Å². The highest BCUT2D eigenvalue weighted by Gasteiger charge is 2.28. The van der Waals surface area contributed by atoms with Crippen LogP contribution in [0.25, 0.3) is 0 Å². The molecule has 1 aromatic carbocycles. The lowest BCUT2D eigenvalue weighted by molar-refractivity contribution is 0.200. The Labute approximate surface area is 153 Å². The fourth-order valence-corrected chi connectivity index (χ4v) is 3.30. The van der Waals surface area contributed by atoms with Crippen molar-refractivity contribution in [2.24, 2.45) is 0 Å². The first kappa shape index (κ1) is 16.6. The largest absolute Gasteiger partial charge is 0.492 e. The minimum Gasteiger partial charge on any atom is -0.492 e. The van der Waals surface area contributed by atoms with Crippen LogP contribution in [0.2, 0.25) is 5.15 Å². The van der Waals surface area contributed by atoms with Crippen LogP contribution in [0.5, 0.6) is 5.75 Å². The Morgan fingerprint density at radius 3 is 2.52 bits per heavy atom. The summed E-state index contributed by atoms with van der Waals surface area (Å²) < 4.78 is 5.79. The summed E-state index contributed by atoms with van der Waals surface area (Å²) in [5.74, 6) is 3.35. The highest BCUT2D eigenvalue weighted by molar-refractivity contribution is 6.29. The lowest BCUT2D eigenvalue weighted by Gasteiger charge is -2.35. The summed E-state index contributed by atoms with van der Waals surface area (Å²) in [4.78, 5) is 13.9. The third kappa shape index (κ3) is 4.41. The van der Waals surface area contributed by atoms with Crippen molar-refractivity contribution in [3.05, 3.63) is 47.4 Å². The Morgan fingerprint density at radius 1 is 1.04 bits per heavy atom. The molecule has 25 heavy (non-hydrogen) atoms. The van der Waals surface area contributed by atoms with Crippen molar-refractivity contribution in [3.63, 3.8) is 0 Å². The molecule has 132 valence electrons. The molecule has 2 fully saturated rings. The number of hydrogen-bond acceptors (Lipinski definition) is 5. The van der Waals surface area contributed by atoms with Gasteiger partial charge >= 0.3 is 0 Å². The van der Waals surface area contributed by atoms with E-state index in [1.165, 1.54) is 12.8 Å². The highest BCUT2D eigenvalue weighted by atomic mass is 35.5. The van der Waals surface area contributed by atoms with Crippen molar-refractivity contribution in [1.82, 2.24) is 14.9 Å². The van der Waals surface area contributed by atoms with Crippen LogP contribution in [0.3, 0.4) is 0 Å². The average molecular weight is 359 g/mol. The van der Waals surface area contributed by atoms with Crippen LogP contribution in [0.1, 0.15) is 24.6 Å². The average Bonchev–Trinajstić information content (AvgIpc) is 3.48. The van der Waals surface area contributed by atoms with Gasteiger partial charge in [-0.05, 0) is 25.0 Å². The predicted octanol–water partition coefficient (Wildman–Crippen LogP) is 3.21. The Morgan fingerprint density at radius 2 is 1.80 bits per heavy atom. The van der Waals surface area contributed by atoms with Gasteiger partial charge in [0.2, 0.25) is 0 Å². The van der Waals surface area contributed by atoms with Crippen molar-refractivity contribution >= 4 is 17.4 Å². The number of aromatic nitrogens is 2. The fraction of sp³-hybridized carbons (Fsp3) is 0.474. The van der Waals surface area contributed by atoms with E-state index in [0.29, 0.717) is 11.1 Å². The molecule has 5 nitrogen and oxygen atoms in total. The SMILES string of the molecule is Clc1cc(N2CCN(CCOc3ccccc3)CC2)nc(C2CC2)n1. The van der Waals surface area contributed by atoms with Crippen LogP contribution in [-0.4, -0.2) is 54.2 Å². The number of piperazine rings is 1. The Hall–Kier alpha value is -1.85. The third-order valence-corrected chi connectivity index (χ3v) is 4.95. The summed E-state index contributed by atoms with van der Waals surface area (Å²) in [6, 6.07) is 11.9. The van der Waals surface area contributed by atoms with Gasteiger partial charge < -0.3 is 9.64 Å². The molecule has 0 amide bonds. The van der Waals surface area contributed by atoms with Crippen LogP contribution in [0, 0.1) is 0 Å². The molecular formula is C19H23ClN4O. The summed E-state index contributed by atoms with van der Waals surface area (Å²) in [5.41, 5.74) is 0. The van der Waals surface area contributed by atoms with Crippen molar-refractivity contribution in [3.8, 4) is 5.75 Å². The number of para-hydroxylation sites is 1. The summed E-state index contributed by atoms with van der Waals surface area (Å²) in [6.45, 7) is 5.61. The molecule has 6 heteroatoms. The molecule has 1 saturated heterocycles. The van der Waals surface area contributed by atoms with Gasteiger partial charge in [0.1, 0.15) is 29.2 Å². The van der Waals surface area contributed by atoms with E-state index in [-0.39, 0.29) is 0 Å². The Balaban J connectivity index is 1.27. The van der Waals surface area contributed by atoms with E-state index < -0.39 is 0 Å². The summed E-state index contributed by atoms with van der Waals surface area (Å²) in [6.07, 6.45) is 2.38. The molecule has 2 aliphatic rings. The second-order valence-corrected chi connectivity index (χ2v) is 7.06. The number of halogens is 1.